The summed E-state index contributed by atoms with van der Waals surface area (Å²) in [6.07, 6.45) is 1.65. The van der Waals surface area contributed by atoms with E-state index in [4.69, 9.17) is 11.6 Å². The van der Waals surface area contributed by atoms with Gasteiger partial charge in [0.1, 0.15) is 4.71 Å². The second-order valence-electron chi connectivity index (χ2n) is 0.947. The molecule has 1 aliphatic heterocycles. The molecule has 7 heavy (non-hydrogen) atoms. The van der Waals surface area contributed by atoms with Crippen molar-refractivity contribution in [3.05, 3.63) is 0 Å². The normalized spacial score (nSPS) is 29.4. The average molecular weight is 201 g/mol. The Hall–Kier alpha value is 0.590. The lowest BCUT2D eigenvalue weighted by Gasteiger charge is -1.97. The van der Waals surface area contributed by atoms with Crippen LogP contribution in [0.5, 0.6) is 0 Å². The summed E-state index contributed by atoms with van der Waals surface area (Å²) in [7, 11) is 0. The highest BCUT2D eigenvalue weighted by atomic mass is 79.9. The van der Waals surface area contributed by atoms with Crippen molar-refractivity contribution in [3.63, 3.8) is 0 Å². The van der Waals surface area contributed by atoms with Gasteiger partial charge in [0.05, 0.1) is 22.4 Å². The van der Waals surface area contributed by atoms with Crippen molar-refractivity contribution >= 4 is 45.9 Å². The van der Waals surface area contributed by atoms with E-state index in [1.807, 2.05) is 0 Å². The molecule has 1 heterocycles. The maximum Gasteiger partial charge on any atom is 0.138 e. The molecule has 0 aromatic carbocycles. The van der Waals surface area contributed by atoms with Crippen molar-refractivity contribution in [3.8, 4) is 0 Å². The Labute approximate surface area is 59.4 Å². The van der Waals surface area contributed by atoms with Gasteiger partial charge in [0.15, 0.2) is 0 Å². The van der Waals surface area contributed by atoms with E-state index in [-0.39, 0.29) is 4.71 Å². The topological polar surface area (TPSA) is 15.6 Å². The summed E-state index contributed by atoms with van der Waals surface area (Å²) in [6.45, 7) is 0. The molecule has 0 aromatic heterocycles. The molecule has 5 heteroatoms. The van der Waals surface area contributed by atoms with Gasteiger partial charge in [-0.15, -0.1) is 11.6 Å². The van der Waals surface area contributed by atoms with Crippen LogP contribution in [-0.4, -0.2) is 14.4 Å². The molecule has 0 saturated heterocycles. The summed E-state index contributed by atoms with van der Waals surface area (Å²) in [6, 6.07) is 0. The maximum atomic E-state index is 5.55. The Morgan fingerprint density at radius 1 is 2.00 bits per heavy atom. The van der Waals surface area contributed by atoms with E-state index in [1.54, 1.807) is 9.65 Å². The molecule has 0 bridgehead atoms. The molecule has 1 aliphatic rings. The number of nitrogens with zero attached hydrogens (tertiary/aromatic N) is 2. The van der Waals surface area contributed by atoms with Gasteiger partial charge in [-0.2, -0.15) is 8.54 Å². The Morgan fingerprint density at radius 2 is 2.71 bits per heavy atom. The molecule has 0 amide bonds. The van der Waals surface area contributed by atoms with E-state index < -0.39 is 0 Å². The van der Waals surface area contributed by atoms with Gasteiger partial charge in [-0.1, -0.05) is 0 Å². The highest BCUT2D eigenvalue weighted by molar-refractivity contribution is 9.09. The van der Waals surface area contributed by atoms with Gasteiger partial charge in [-0.3, -0.25) is 0 Å². The molecule has 40 valence electrons. The van der Waals surface area contributed by atoms with Gasteiger partial charge in [0.2, 0.25) is 0 Å². The minimum Gasteiger partial charge on any atom is -0.169 e. The molecule has 2 nitrogen and oxygen atoms in total. The first-order chi connectivity index (χ1) is 3.29. The van der Waals surface area contributed by atoms with Crippen molar-refractivity contribution in [2.45, 2.75) is 4.71 Å². The van der Waals surface area contributed by atoms with Crippen molar-refractivity contribution in [1.82, 2.24) is 3.44 Å². The number of hydrogen-bond donors (Lipinski definition) is 0. The molecular weight excluding hydrogens is 199 g/mol. The maximum absolute atomic E-state index is 5.55. The third-order valence-corrected chi connectivity index (χ3v) is 2.09. The van der Waals surface area contributed by atoms with Crippen LogP contribution >= 0.6 is 39.7 Å². The Morgan fingerprint density at radius 3 is 2.86 bits per heavy atom. The largest absolute Gasteiger partial charge is 0.169 e. The van der Waals surface area contributed by atoms with E-state index >= 15 is 0 Å². The molecule has 0 saturated carbocycles. The summed E-state index contributed by atoms with van der Waals surface area (Å²) < 4.78 is 1.55. The molecule has 1 atom stereocenters. The van der Waals surface area contributed by atoms with Gasteiger partial charge >= 0.3 is 0 Å². The van der Waals surface area contributed by atoms with Crippen LogP contribution in [0.2, 0.25) is 0 Å². The lowest BCUT2D eigenvalue weighted by molar-refractivity contribution is 0.870. The lowest BCUT2D eigenvalue weighted by Crippen LogP contribution is -1.85. The van der Waals surface area contributed by atoms with Crippen LogP contribution in [0.25, 0.3) is 0 Å². The first-order valence-corrected chi connectivity index (χ1v) is 3.58. The molecular formula is C2H2BrClN2S. The standard InChI is InChI=1S/C2H2BrClN2S/c3-6-5-1-2(4)7-6/h1-2H. The highest BCUT2D eigenvalue weighted by Gasteiger charge is 2.12. The molecule has 0 spiro atoms. The van der Waals surface area contributed by atoms with Gasteiger partial charge in [-0.25, -0.2) is 0 Å². The lowest BCUT2D eigenvalue weighted by atomic mass is 10.9. The molecule has 0 aliphatic carbocycles. The Balaban J connectivity index is 2.42. The molecule has 1 rings (SSSR count). The minimum absolute atomic E-state index is 0.000579. The Bertz CT molecular complexity index is 87.7. The third kappa shape index (κ3) is 1.51. The number of hydrazone groups is 1. The van der Waals surface area contributed by atoms with Crippen LogP contribution in [0.3, 0.4) is 0 Å². The molecule has 0 N–H and O–H groups in total. The summed E-state index contributed by atoms with van der Waals surface area (Å²) in [5.74, 6) is 0. The quantitative estimate of drug-likeness (QED) is 0.337. The molecule has 0 aromatic rings. The van der Waals surface area contributed by atoms with Gasteiger partial charge in [0, 0.05) is 11.9 Å². The number of halogens is 2. The van der Waals surface area contributed by atoms with Gasteiger partial charge < -0.3 is 0 Å². The van der Waals surface area contributed by atoms with Crippen molar-refractivity contribution in [1.29, 1.82) is 0 Å². The number of alkyl halides is 1. The zero-order valence-electron chi connectivity index (χ0n) is 3.21. The van der Waals surface area contributed by atoms with Crippen LogP contribution < -0.4 is 0 Å². The summed E-state index contributed by atoms with van der Waals surface area (Å²) in [4.78, 5) is 0. The van der Waals surface area contributed by atoms with Crippen molar-refractivity contribution < 1.29 is 0 Å². The van der Waals surface area contributed by atoms with Gasteiger partial charge in [-0.05, 0) is 0 Å². The zero-order valence-corrected chi connectivity index (χ0v) is 6.37. The SMILES string of the molecule is ClC1C=NN(Br)S1. The van der Waals surface area contributed by atoms with Gasteiger partial charge in [0.25, 0.3) is 0 Å². The molecule has 0 radical (unpaired) electrons. The molecule has 1 unspecified atom stereocenters. The number of hydrogen-bond acceptors (Lipinski definition) is 3. The summed E-state index contributed by atoms with van der Waals surface area (Å²) in [5.41, 5.74) is 0. The summed E-state index contributed by atoms with van der Waals surface area (Å²) >= 11 is 10.1. The predicted octanol–water partition coefficient (Wildman–Crippen LogP) is 1.81. The first-order valence-electron chi connectivity index (χ1n) is 1.60. The van der Waals surface area contributed by atoms with E-state index in [9.17, 15) is 0 Å². The van der Waals surface area contributed by atoms with Crippen molar-refractivity contribution in [2.75, 3.05) is 0 Å². The zero-order chi connectivity index (χ0) is 5.28. The fourth-order valence-electron chi connectivity index (χ4n) is 0.242. The second-order valence-corrected chi connectivity index (χ2v) is 3.88. The summed E-state index contributed by atoms with van der Waals surface area (Å²) in [5, 5.41) is 3.77. The number of rotatable bonds is 0. The van der Waals surface area contributed by atoms with Crippen LogP contribution in [0.1, 0.15) is 0 Å². The first kappa shape index (κ1) is 5.72. The van der Waals surface area contributed by atoms with Crippen molar-refractivity contribution in [2.24, 2.45) is 5.10 Å². The van der Waals surface area contributed by atoms with Crippen LogP contribution in [0, 0.1) is 0 Å². The van der Waals surface area contributed by atoms with E-state index in [0.29, 0.717) is 0 Å². The van der Waals surface area contributed by atoms with E-state index in [1.165, 1.54) is 11.9 Å². The second kappa shape index (κ2) is 2.24. The molecule has 0 fully saturated rings. The average Bonchev–Trinajstić information content (AvgIpc) is 1.87. The monoisotopic (exact) mass is 200 g/mol. The third-order valence-electron chi connectivity index (χ3n) is 0.462. The van der Waals surface area contributed by atoms with Crippen LogP contribution in [0.4, 0.5) is 0 Å². The minimum atomic E-state index is -0.000579. The predicted molar refractivity (Wildman–Crippen MR) is 36.5 cm³/mol. The van der Waals surface area contributed by atoms with Crippen LogP contribution in [0.15, 0.2) is 5.10 Å². The Kier molecular flexibility index (Phi) is 1.83. The smallest absolute Gasteiger partial charge is 0.138 e. The van der Waals surface area contributed by atoms with E-state index in [0.717, 1.165) is 0 Å². The fraction of sp³-hybridized carbons (Fsp3) is 0.500. The highest BCUT2D eigenvalue weighted by Crippen LogP contribution is 2.27. The van der Waals surface area contributed by atoms with E-state index in [2.05, 4.69) is 21.2 Å². The van der Waals surface area contributed by atoms with Crippen LogP contribution in [-0.2, 0) is 0 Å². The fourth-order valence-corrected chi connectivity index (χ4v) is 1.84.